The van der Waals surface area contributed by atoms with E-state index in [1.807, 2.05) is 0 Å². The average molecular weight is 279 g/mol. The molecular weight excluding hydrogens is 267 g/mol. The fourth-order valence-corrected chi connectivity index (χ4v) is 2.51. The highest BCUT2D eigenvalue weighted by Crippen LogP contribution is 2.41. The zero-order chi connectivity index (χ0) is 13.4. The van der Waals surface area contributed by atoms with Gasteiger partial charge in [-0.15, -0.1) is 0 Å². The first-order valence-corrected chi connectivity index (χ1v) is 6.41. The van der Waals surface area contributed by atoms with Crippen LogP contribution in [0, 0.1) is 5.82 Å². The van der Waals surface area contributed by atoms with Gasteiger partial charge in [0, 0.05) is 17.0 Å². The summed E-state index contributed by atoms with van der Waals surface area (Å²) in [6.45, 7) is 0. The Balaban J connectivity index is 1.95. The molecule has 19 heavy (non-hydrogen) atoms. The van der Waals surface area contributed by atoms with Crippen molar-refractivity contribution in [3.63, 3.8) is 0 Å². The first-order chi connectivity index (χ1) is 9.13. The summed E-state index contributed by atoms with van der Waals surface area (Å²) >= 11 is 5.90. The lowest BCUT2D eigenvalue weighted by Crippen LogP contribution is -2.19. The lowest BCUT2D eigenvalue weighted by Gasteiger charge is -2.30. The van der Waals surface area contributed by atoms with Crippen LogP contribution in [0.3, 0.4) is 0 Å². The summed E-state index contributed by atoms with van der Waals surface area (Å²) in [7, 11) is 0. The quantitative estimate of drug-likeness (QED) is 0.853. The van der Waals surface area contributed by atoms with Crippen LogP contribution in [-0.2, 0) is 0 Å². The molecule has 2 aromatic carbocycles. The number of hydrogen-bond donors (Lipinski definition) is 1. The molecule has 4 heteroatoms. The van der Waals surface area contributed by atoms with Crippen LogP contribution in [0.1, 0.15) is 29.8 Å². The standard InChI is InChI=1S/C15H12ClFO2/c16-10-4-5-14-12(7-10)13(18)8-15(19-14)9-2-1-3-11(17)6-9/h1-7,13,15,18H,8H2. The summed E-state index contributed by atoms with van der Waals surface area (Å²) in [6, 6.07) is 11.4. The van der Waals surface area contributed by atoms with Crippen molar-refractivity contribution in [2.24, 2.45) is 0 Å². The van der Waals surface area contributed by atoms with Crippen molar-refractivity contribution < 1.29 is 14.2 Å². The van der Waals surface area contributed by atoms with Gasteiger partial charge >= 0.3 is 0 Å². The third-order valence-electron chi connectivity index (χ3n) is 3.26. The number of ether oxygens (including phenoxy) is 1. The maximum atomic E-state index is 13.2. The number of rotatable bonds is 1. The molecule has 2 aromatic rings. The van der Waals surface area contributed by atoms with Crippen molar-refractivity contribution in [2.75, 3.05) is 0 Å². The highest BCUT2D eigenvalue weighted by Gasteiger charge is 2.28. The molecule has 0 saturated carbocycles. The van der Waals surface area contributed by atoms with Gasteiger partial charge in [0.25, 0.3) is 0 Å². The summed E-state index contributed by atoms with van der Waals surface area (Å²) in [6.07, 6.45) is -0.619. The van der Waals surface area contributed by atoms with Crippen molar-refractivity contribution in [1.82, 2.24) is 0 Å². The molecule has 2 atom stereocenters. The van der Waals surface area contributed by atoms with E-state index >= 15 is 0 Å². The Hall–Kier alpha value is -1.58. The van der Waals surface area contributed by atoms with Crippen LogP contribution in [0.2, 0.25) is 5.02 Å². The van der Waals surface area contributed by atoms with Gasteiger partial charge in [-0.25, -0.2) is 4.39 Å². The van der Waals surface area contributed by atoms with E-state index in [1.54, 1.807) is 30.3 Å². The number of aliphatic hydroxyl groups excluding tert-OH is 1. The van der Waals surface area contributed by atoms with E-state index in [9.17, 15) is 9.50 Å². The molecule has 1 heterocycles. The normalized spacial score (nSPS) is 21.6. The molecule has 0 saturated heterocycles. The van der Waals surface area contributed by atoms with E-state index in [4.69, 9.17) is 16.3 Å². The summed E-state index contributed by atoms with van der Waals surface area (Å²) in [4.78, 5) is 0. The van der Waals surface area contributed by atoms with Gasteiger partial charge in [-0.2, -0.15) is 0 Å². The van der Waals surface area contributed by atoms with Crippen molar-refractivity contribution in [3.05, 3.63) is 64.4 Å². The molecule has 1 aliphatic heterocycles. The lowest BCUT2D eigenvalue weighted by atomic mass is 9.95. The van der Waals surface area contributed by atoms with Crippen molar-refractivity contribution in [2.45, 2.75) is 18.6 Å². The van der Waals surface area contributed by atoms with Gasteiger partial charge in [0.15, 0.2) is 0 Å². The van der Waals surface area contributed by atoms with Crippen molar-refractivity contribution in [1.29, 1.82) is 0 Å². The minimum atomic E-state index is -0.657. The largest absolute Gasteiger partial charge is 0.485 e. The van der Waals surface area contributed by atoms with E-state index in [2.05, 4.69) is 0 Å². The molecule has 0 amide bonds. The third-order valence-corrected chi connectivity index (χ3v) is 3.49. The monoisotopic (exact) mass is 278 g/mol. The van der Waals surface area contributed by atoms with Gasteiger partial charge in [0.1, 0.15) is 17.7 Å². The molecule has 0 radical (unpaired) electrons. The molecule has 3 rings (SSSR count). The number of halogens is 2. The van der Waals surface area contributed by atoms with Gasteiger partial charge in [-0.1, -0.05) is 23.7 Å². The number of aliphatic hydroxyl groups is 1. The number of hydrogen-bond acceptors (Lipinski definition) is 2. The molecule has 1 aliphatic rings. The molecule has 1 N–H and O–H groups in total. The molecule has 0 bridgehead atoms. The Labute approximate surface area is 115 Å². The number of benzene rings is 2. The van der Waals surface area contributed by atoms with Crippen LogP contribution in [0.15, 0.2) is 42.5 Å². The van der Waals surface area contributed by atoms with Gasteiger partial charge in [0.05, 0.1) is 6.10 Å². The van der Waals surface area contributed by atoms with Crippen LogP contribution in [-0.4, -0.2) is 5.11 Å². The van der Waals surface area contributed by atoms with Crippen molar-refractivity contribution >= 4 is 11.6 Å². The third kappa shape index (κ3) is 2.44. The molecule has 0 aliphatic carbocycles. The topological polar surface area (TPSA) is 29.5 Å². The Morgan fingerprint density at radius 3 is 2.84 bits per heavy atom. The molecule has 0 spiro atoms. The molecule has 98 valence electrons. The SMILES string of the molecule is OC1CC(c2cccc(F)c2)Oc2ccc(Cl)cc21. The van der Waals surface area contributed by atoms with Crippen LogP contribution >= 0.6 is 11.6 Å². The van der Waals surface area contributed by atoms with Gasteiger partial charge in [-0.3, -0.25) is 0 Å². The van der Waals surface area contributed by atoms with Crippen LogP contribution in [0.4, 0.5) is 4.39 Å². The summed E-state index contributed by atoms with van der Waals surface area (Å²) in [5, 5.41) is 10.7. The van der Waals surface area contributed by atoms with E-state index in [-0.39, 0.29) is 11.9 Å². The summed E-state index contributed by atoms with van der Waals surface area (Å²) in [5.41, 5.74) is 1.40. The first kappa shape index (κ1) is 12.5. The Bertz CT molecular complexity index is 615. The van der Waals surface area contributed by atoms with Gasteiger partial charge < -0.3 is 9.84 Å². The fourth-order valence-electron chi connectivity index (χ4n) is 2.33. The molecule has 0 aromatic heterocycles. The zero-order valence-electron chi connectivity index (χ0n) is 10.0. The predicted octanol–water partition coefficient (Wildman–Crippen LogP) is 4.04. The molecule has 2 nitrogen and oxygen atoms in total. The van der Waals surface area contributed by atoms with Crippen molar-refractivity contribution in [3.8, 4) is 5.75 Å². The zero-order valence-corrected chi connectivity index (χ0v) is 10.8. The van der Waals surface area contributed by atoms with Gasteiger partial charge in [0.2, 0.25) is 0 Å². The molecular formula is C15H12ClFO2. The predicted molar refractivity (Wildman–Crippen MR) is 70.8 cm³/mol. The second-order valence-corrected chi connectivity index (χ2v) is 5.03. The Morgan fingerprint density at radius 2 is 2.05 bits per heavy atom. The summed E-state index contributed by atoms with van der Waals surface area (Å²) < 4.78 is 19.0. The lowest BCUT2D eigenvalue weighted by molar-refractivity contribution is 0.0656. The first-order valence-electron chi connectivity index (χ1n) is 6.03. The van der Waals surface area contributed by atoms with Crippen LogP contribution in [0.25, 0.3) is 0 Å². The highest BCUT2D eigenvalue weighted by atomic mass is 35.5. The average Bonchev–Trinajstić information content (AvgIpc) is 2.39. The maximum Gasteiger partial charge on any atom is 0.127 e. The fraction of sp³-hybridized carbons (Fsp3) is 0.200. The minimum absolute atomic E-state index is 0.308. The smallest absolute Gasteiger partial charge is 0.127 e. The van der Waals surface area contributed by atoms with E-state index in [1.165, 1.54) is 12.1 Å². The van der Waals surface area contributed by atoms with Gasteiger partial charge in [-0.05, 0) is 35.9 Å². The highest BCUT2D eigenvalue weighted by molar-refractivity contribution is 6.30. The second-order valence-electron chi connectivity index (χ2n) is 4.60. The van der Waals surface area contributed by atoms with Crippen LogP contribution < -0.4 is 4.74 Å². The van der Waals surface area contributed by atoms with E-state index < -0.39 is 6.10 Å². The minimum Gasteiger partial charge on any atom is -0.485 e. The van der Waals surface area contributed by atoms with Crippen LogP contribution in [0.5, 0.6) is 5.75 Å². The molecule has 0 fully saturated rings. The van der Waals surface area contributed by atoms with E-state index in [0.29, 0.717) is 22.8 Å². The van der Waals surface area contributed by atoms with E-state index in [0.717, 1.165) is 5.56 Å². The number of fused-ring (bicyclic) bond motifs is 1. The Morgan fingerprint density at radius 1 is 1.21 bits per heavy atom. The Kier molecular flexibility index (Phi) is 3.17. The summed E-state index contributed by atoms with van der Waals surface area (Å²) in [5.74, 6) is 0.287. The molecule has 2 unspecified atom stereocenters. The maximum absolute atomic E-state index is 13.2. The second kappa shape index (κ2) is 4.83.